The molecule has 0 heterocycles. The zero-order valence-electron chi connectivity index (χ0n) is 46.0. The number of likely N-dealkylation sites (N-methyl/N-ethyl adjacent to an activating group) is 1. The maximum Gasteiger partial charge on any atom is 0.472 e. The summed E-state index contributed by atoms with van der Waals surface area (Å²) in [6, 6.07) is -0.846. The summed E-state index contributed by atoms with van der Waals surface area (Å²) in [6.07, 6.45) is 69.0. The molecule has 1 amide bonds. The second kappa shape index (κ2) is 51.1. The van der Waals surface area contributed by atoms with Crippen LogP contribution in [0.5, 0.6) is 0 Å². The maximum absolute atomic E-state index is 13.0. The third kappa shape index (κ3) is 53.8. The molecule has 404 valence electrons. The van der Waals surface area contributed by atoms with E-state index in [9.17, 15) is 19.4 Å². The van der Waals surface area contributed by atoms with Crippen molar-refractivity contribution in [3.63, 3.8) is 0 Å². The van der Waals surface area contributed by atoms with Gasteiger partial charge in [0, 0.05) is 6.42 Å². The Hall–Kier alpha value is -1.80. The molecule has 0 aromatic rings. The molecule has 0 aliphatic rings. The molecule has 3 atom stereocenters. The van der Waals surface area contributed by atoms with Gasteiger partial charge in [0.05, 0.1) is 39.9 Å². The number of amides is 1. The molecule has 0 radical (unpaired) electrons. The third-order valence-electron chi connectivity index (χ3n) is 13.0. The van der Waals surface area contributed by atoms with Gasteiger partial charge in [-0.1, -0.05) is 261 Å². The number of rotatable bonds is 53. The Kier molecular flexibility index (Phi) is 49.8. The molecule has 0 fully saturated rings. The van der Waals surface area contributed by atoms with E-state index in [-0.39, 0.29) is 19.1 Å². The Morgan fingerprint density at radius 1 is 0.507 bits per heavy atom. The molecule has 0 rings (SSSR count). The highest BCUT2D eigenvalue weighted by molar-refractivity contribution is 7.47. The predicted octanol–water partition coefficient (Wildman–Crippen LogP) is 17.7. The van der Waals surface area contributed by atoms with Crippen LogP contribution in [0.1, 0.15) is 264 Å². The van der Waals surface area contributed by atoms with Crippen molar-refractivity contribution in [2.75, 3.05) is 40.9 Å². The zero-order valence-corrected chi connectivity index (χ0v) is 46.9. The van der Waals surface area contributed by atoms with Gasteiger partial charge in [-0.05, 0) is 57.8 Å². The molecule has 0 saturated carbocycles. The second-order valence-corrected chi connectivity index (χ2v) is 22.4. The minimum absolute atomic E-state index is 0.0618. The molecule has 0 aliphatic carbocycles. The van der Waals surface area contributed by atoms with Crippen molar-refractivity contribution in [2.45, 2.75) is 276 Å². The van der Waals surface area contributed by atoms with Crippen molar-refractivity contribution in [1.29, 1.82) is 0 Å². The summed E-state index contributed by atoms with van der Waals surface area (Å²) in [5, 5.41) is 13.9. The normalized spacial score (nSPS) is 14.4. The van der Waals surface area contributed by atoms with E-state index < -0.39 is 20.0 Å². The number of carbonyl (C=O) groups is 1. The number of carbonyl (C=O) groups excluding carboxylic acids is 1. The first-order chi connectivity index (χ1) is 33.5. The number of hydrogen-bond acceptors (Lipinski definition) is 5. The van der Waals surface area contributed by atoms with Gasteiger partial charge in [-0.2, -0.15) is 0 Å². The van der Waals surface area contributed by atoms with Gasteiger partial charge < -0.3 is 19.8 Å². The molecule has 0 aromatic carbocycles. The molecule has 3 N–H and O–H groups in total. The number of nitrogens with zero attached hydrogens (tertiary/aromatic N) is 1. The number of phosphoric ester groups is 1. The SMILES string of the molecule is CC/C=C\C/C=C\C/C=C\C/C=C\CCCCCCCCCCCCCCCCCCCCCCC(=O)NC(COP(=O)(O)OCC[N+](C)(C)C)C(O)/C=C/CCCCCCCCCCCCCC. The van der Waals surface area contributed by atoms with Gasteiger partial charge in [0.25, 0.3) is 0 Å². The molecule has 8 nitrogen and oxygen atoms in total. The Balaban J connectivity index is 4.02. The van der Waals surface area contributed by atoms with Crippen LogP contribution in [0.3, 0.4) is 0 Å². The highest BCUT2D eigenvalue weighted by Crippen LogP contribution is 2.43. The van der Waals surface area contributed by atoms with Crippen LogP contribution in [0.2, 0.25) is 0 Å². The van der Waals surface area contributed by atoms with Gasteiger partial charge in [0.1, 0.15) is 13.2 Å². The quantitative estimate of drug-likeness (QED) is 0.0243. The van der Waals surface area contributed by atoms with Crippen molar-refractivity contribution in [3.8, 4) is 0 Å². The summed E-state index contributed by atoms with van der Waals surface area (Å²) in [5.74, 6) is -0.175. The Morgan fingerprint density at radius 3 is 1.28 bits per heavy atom. The lowest BCUT2D eigenvalue weighted by Crippen LogP contribution is -2.45. The van der Waals surface area contributed by atoms with Gasteiger partial charge in [-0.15, -0.1) is 0 Å². The van der Waals surface area contributed by atoms with Crippen LogP contribution in [0.25, 0.3) is 0 Å². The first-order valence-corrected chi connectivity index (χ1v) is 30.7. The maximum atomic E-state index is 13.0. The predicted molar refractivity (Wildman–Crippen MR) is 300 cm³/mol. The number of nitrogens with one attached hydrogen (secondary N) is 1. The molecule has 0 aromatic heterocycles. The number of aliphatic hydroxyl groups excluding tert-OH is 1. The fourth-order valence-corrected chi connectivity index (χ4v) is 9.18. The topological polar surface area (TPSA) is 105 Å². The minimum atomic E-state index is -4.34. The van der Waals surface area contributed by atoms with Crippen LogP contribution in [0.15, 0.2) is 60.8 Å². The molecule has 0 spiro atoms. The van der Waals surface area contributed by atoms with E-state index in [1.54, 1.807) is 6.08 Å². The molecule has 0 bridgehead atoms. The Labute approximate surface area is 428 Å². The molecule has 0 saturated heterocycles. The smallest absolute Gasteiger partial charge is 0.387 e. The van der Waals surface area contributed by atoms with Gasteiger partial charge in [-0.25, -0.2) is 4.57 Å². The van der Waals surface area contributed by atoms with Crippen LogP contribution < -0.4 is 5.32 Å². The molecule has 3 unspecified atom stereocenters. The molecule has 69 heavy (non-hydrogen) atoms. The van der Waals surface area contributed by atoms with Gasteiger partial charge in [0.2, 0.25) is 5.91 Å². The zero-order chi connectivity index (χ0) is 50.6. The summed E-state index contributed by atoms with van der Waals surface area (Å²) in [7, 11) is 1.58. The summed E-state index contributed by atoms with van der Waals surface area (Å²) >= 11 is 0. The van der Waals surface area contributed by atoms with Gasteiger partial charge >= 0.3 is 7.82 Å². The minimum Gasteiger partial charge on any atom is -0.387 e. The standard InChI is InChI=1S/C60H113N2O6P/c1-6-8-10-12-14-16-18-20-22-23-24-25-26-27-28-29-30-31-32-33-34-35-36-37-38-39-40-42-44-46-48-50-52-54-60(64)61-58(57-68-69(65,66)67-56-55-62(3,4)5)59(63)53-51-49-47-45-43-41-21-19-17-15-13-11-9-7-2/h8,10,14,16,20,22,24-25,51,53,58-59,63H,6-7,9,11-13,15,17-19,21,23,26-50,52,54-57H2,1-5H3,(H-,61,64,65,66)/p+1/b10-8-,16-14-,22-20-,25-24-,53-51+. The monoisotopic (exact) mass is 990 g/mol. The molecular weight excluding hydrogens is 876 g/mol. The fourth-order valence-electron chi connectivity index (χ4n) is 8.45. The van der Waals surface area contributed by atoms with Gasteiger partial charge in [0.15, 0.2) is 0 Å². The molecule has 0 aliphatic heterocycles. The summed E-state index contributed by atoms with van der Waals surface area (Å²) in [6.45, 7) is 4.72. The average molecular weight is 991 g/mol. The number of hydrogen-bond donors (Lipinski definition) is 3. The first kappa shape index (κ1) is 67.2. The number of unbranched alkanes of at least 4 members (excludes halogenated alkanes) is 32. The summed E-state index contributed by atoms with van der Waals surface area (Å²) in [5.41, 5.74) is 0. The van der Waals surface area contributed by atoms with Crippen molar-refractivity contribution in [1.82, 2.24) is 5.32 Å². The van der Waals surface area contributed by atoms with Crippen LogP contribution in [0, 0.1) is 0 Å². The summed E-state index contributed by atoms with van der Waals surface area (Å²) in [4.78, 5) is 23.3. The molecule has 9 heteroatoms. The van der Waals surface area contributed by atoms with Crippen LogP contribution in [0.4, 0.5) is 0 Å². The number of aliphatic hydroxyl groups is 1. The number of phosphoric acid groups is 1. The van der Waals surface area contributed by atoms with E-state index in [2.05, 4.69) is 67.8 Å². The number of allylic oxidation sites excluding steroid dienone is 9. The van der Waals surface area contributed by atoms with Gasteiger partial charge in [-0.3, -0.25) is 13.8 Å². The first-order valence-electron chi connectivity index (χ1n) is 29.2. The van der Waals surface area contributed by atoms with E-state index in [0.717, 1.165) is 64.2 Å². The highest BCUT2D eigenvalue weighted by atomic mass is 31.2. The summed E-state index contributed by atoms with van der Waals surface area (Å²) < 4.78 is 23.7. The third-order valence-corrected chi connectivity index (χ3v) is 14.0. The van der Waals surface area contributed by atoms with E-state index in [0.29, 0.717) is 17.4 Å². The van der Waals surface area contributed by atoms with Crippen molar-refractivity contribution in [3.05, 3.63) is 60.8 Å². The lowest BCUT2D eigenvalue weighted by Gasteiger charge is -2.25. The lowest BCUT2D eigenvalue weighted by atomic mass is 10.0. The largest absolute Gasteiger partial charge is 0.472 e. The number of quaternary nitrogens is 1. The fraction of sp³-hybridized carbons (Fsp3) is 0.817. The van der Waals surface area contributed by atoms with Crippen molar-refractivity contribution in [2.24, 2.45) is 0 Å². The van der Waals surface area contributed by atoms with Crippen LogP contribution in [-0.4, -0.2) is 73.4 Å². The van der Waals surface area contributed by atoms with E-state index in [1.165, 1.54) is 180 Å². The lowest BCUT2D eigenvalue weighted by molar-refractivity contribution is -0.870. The average Bonchev–Trinajstić information content (AvgIpc) is 3.31. The van der Waals surface area contributed by atoms with Crippen molar-refractivity contribution < 1.29 is 32.9 Å². The Bertz CT molecular complexity index is 1310. The molecular formula is C60H114N2O6P+. The van der Waals surface area contributed by atoms with E-state index in [4.69, 9.17) is 9.05 Å². The van der Waals surface area contributed by atoms with Crippen molar-refractivity contribution >= 4 is 13.7 Å². The van der Waals surface area contributed by atoms with E-state index >= 15 is 0 Å². The van der Waals surface area contributed by atoms with E-state index in [1.807, 2.05) is 27.2 Å². The Morgan fingerprint density at radius 2 is 0.870 bits per heavy atom. The van der Waals surface area contributed by atoms with Crippen LogP contribution in [-0.2, 0) is 18.4 Å². The highest BCUT2D eigenvalue weighted by Gasteiger charge is 2.27. The second-order valence-electron chi connectivity index (χ2n) is 21.0. The van der Waals surface area contributed by atoms with Crippen LogP contribution >= 0.6 is 7.82 Å².